The fraction of sp³-hybridized carbons (Fsp3) is 0.0769. The Kier molecular flexibility index (Phi) is 3.14. The monoisotopic (exact) mass is 231 g/mol. The molecule has 0 spiro atoms. The number of halogens is 1. The zero-order valence-electron chi connectivity index (χ0n) is 9.18. The quantitative estimate of drug-likeness (QED) is 0.762. The van der Waals surface area contributed by atoms with Crippen molar-refractivity contribution in [3.05, 3.63) is 53.5 Å². The molecule has 0 unspecified atom stereocenters. The first-order valence-electron chi connectivity index (χ1n) is 5.05. The minimum Gasteiger partial charge on any atom is -0.438 e. The summed E-state index contributed by atoms with van der Waals surface area (Å²) in [5.41, 5.74) is 1.00. The lowest BCUT2D eigenvalue weighted by Crippen LogP contribution is -1.95. The molecular formula is C13H10FNO2. The van der Waals surface area contributed by atoms with Gasteiger partial charge in [-0.15, -0.1) is 0 Å². The Morgan fingerprint density at radius 3 is 2.88 bits per heavy atom. The van der Waals surface area contributed by atoms with Crippen LogP contribution in [0.2, 0.25) is 0 Å². The number of pyridine rings is 1. The number of rotatable bonds is 3. The first-order chi connectivity index (χ1) is 8.20. The van der Waals surface area contributed by atoms with E-state index in [4.69, 9.17) is 4.74 Å². The Morgan fingerprint density at radius 2 is 2.18 bits per heavy atom. The summed E-state index contributed by atoms with van der Waals surface area (Å²) in [4.78, 5) is 14.7. The molecule has 0 fully saturated rings. The molecule has 0 atom stereocenters. The van der Waals surface area contributed by atoms with Gasteiger partial charge in [0.25, 0.3) is 0 Å². The number of ether oxygens (including phenoxy) is 1. The highest BCUT2D eigenvalue weighted by Crippen LogP contribution is 2.25. The van der Waals surface area contributed by atoms with Gasteiger partial charge in [-0.05, 0) is 42.8 Å². The third-order valence-corrected chi connectivity index (χ3v) is 2.27. The molecule has 0 N–H and O–H groups in total. The summed E-state index contributed by atoms with van der Waals surface area (Å²) < 4.78 is 18.4. The van der Waals surface area contributed by atoms with Crippen LogP contribution in [0.15, 0.2) is 36.5 Å². The highest BCUT2D eigenvalue weighted by Gasteiger charge is 2.07. The van der Waals surface area contributed by atoms with E-state index in [1.165, 1.54) is 24.4 Å². The third-order valence-electron chi connectivity index (χ3n) is 2.27. The fourth-order valence-electron chi connectivity index (χ4n) is 1.41. The van der Waals surface area contributed by atoms with E-state index in [1.807, 2.05) is 0 Å². The van der Waals surface area contributed by atoms with Crippen molar-refractivity contribution in [1.29, 1.82) is 0 Å². The molecule has 0 aliphatic rings. The average molecular weight is 231 g/mol. The summed E-state index contributed by atoms with van der Waals surface area (Å²) in [5, 5.41) is 0. The lowest BCUT2D eigenvalue weighted by Gasteiger charge is -2.08. The van der Waals surface area contributed by atoms with E-state index in [-0.39, 0.29) is 11.7 Å². The summed E-state index contributed by atoms with van der Waals surface area (Å²) in [7, 11) is 0. The molecular weight excluding hydrogens is 221 g/mol. The van der Waals surface area contributed by atoms with Crippen LogP contribution in [-0.4, -0.2) is 11.3 Å². The van der Waals surface area contributed by atoms with E-state index in [9.17, 15) is 9.18 Å². The molecule has 0 bridgehead atoms. The van der Waals surface area contributed by atoms with Crippen molar-refractivity contribution in [1.82, 2.24) is 4.98 Å². The van der Waals surface area contributed by atoms with Crippen LogP contribution in [0.4, 0.5) is 4.39 Å². The lowest BCUT2D eigenvalue weighted by atomic mass is 10.2. The van der Waals surface area contributed by atoms with E-state index in [2.05, 4.69) is 4.98 Å². The van der Waals surface area contributed by atoms with Gasteiger partial charge in [0.1, 0.15) is 11.6 Å². The number of aryl methyl sites for hydroxylation is 1. The first kappa shape index (κ1) is 11.3. The van der Waals surface area contributed by atoms with E-state index >= 15 is 0 Å². The SMILES string of the molecule is Cc1cc(F)ccc1Oc1ncccc1C=O. The maximum absolute atomic E-state index is 12.9. The van der Waals surface area contributed by atoms with Gasteiger partial charge in [0.15, 0.2) is 6.29 Å². The Hall–Kier alpha value is -2.23. The minimum atomic E-state index is -0.327. The molecule has 0 radical (unpaired) electrons. The number of nitrogens with zero attached hydrogens (tertiary/aromatic N) is 1. The zero-order valence-corrected chi connectivity index (χ0v) is 9.18. The standard InChI is InChI=1S/C13H10FNO2/c1-9-7-11(14)4-5-12(9)17-13-10(8-16)3-2-6-15-13/h2-8H,1H3. The van der Waals surface area contributed by atoms with Crippen molar-refractivity contribution in [3.63, 3.8) is 0 Å². The molecule has 17 heavy (non-hydrogen) atoms. The van der Waals surface area contributed by atoms with Crippen LogP contribution in [-0.2, 0) is 0 Å². The molecule has 4 heteroatoms. The number of aldehydes is 1. The van der Waals surface area contributed by atoms with Crippen molar-refractivity contribution < 1.29 is 13.9 Å². The van der Waals surface area contributed by atoms with Crippen LogP contribution in [0.25, 0.3) is 0 Å². The number of benzene rings is 1. The number of hydrogen-bond acceptors (Lipinski definition) is 3. The Morgan fingerprint density at radius 1 is 1.35 bits per heavy atom. The van der Waals surface area contributed by atoms with E-state index in [0.717, 1.165) is 0 Å². The van der Waals surface area contributed by atoms with Gasteiger partial charge < -0.3 is 4.74 Å². The van der Waals surface area contributed by atoms with Crippen LogP contribution >= 0.6 is 0 Å². The second-order valence-electron chi connectivity index (χ2n) is 3.53. The summed E-state index contributed by atoms with van der Waals surface area (Å²) in [6.07, 6.45) is 2.20. The van der Waals surface area contributed by atoms with Crippen molar-refractivity contribution in [2.24, 2.45) is 0 Å². The fourth-order valence-corrected chi connectivity index (χ4v) is 1.41. The van der Waals surface area contributed by atoms with Gasteiger partial charge in [0.05, 0.1) is 5.56 Å². The number of carbonyl (C=O) groups excluding carboxylic acids is 1. The zero-order chi connectivity index (χ0) is 12.3. The summed E-state index contributed by atoms with van der Waals surface area (Å²) >= 11 is 0. The Balaban J connectivity index is 2.34. The molecule has 0 aliphatic carbocycles. The van der Waals surface area contributed by atoms with Gasteiger partial charge in [-0.1, -0.05) is 0 Å². The largest absolute Gasteiger partial charge is 0.438 e. The van der Waals surface area contributed by atoms with Crippen LogP contribution < -0.4 is 4.74 Å². The lowest BCUT2D eigenvalue weighted by molar-refractivity contribution is 0.112. The predicted octanol–water partition coefficient (Wildman–Crippen LogP) is 3.13. The second kappa shape index (κ2) is 4.74. The maximum Gasteiger partial charge on any atom is 0.229 e. The molecule has 1 heterocycles. The first-order valence-corrected chi connectivity index (χ1v) is 5.05. The average Bonchev–Trinajstić information content (AvgIpc) is 2.33. The molecule has 2 rings (SSSR count). The molecule has 1 aromatic carbocycles. The molecule has 86 valence electrons. The van der Waals surface area contributed by atoms with Gasteiger partial charge in [0, 0.05) is 6.20 Å². The third kappa shape index (κ3) is 2.47. The number of hydrogen-bond donors (Lipinski definition) is 0. The van der Waals surface area contributed by atoms with Gasteiger partial charge in [0.2, 0.25) is 5.88 Å². The molecule has 0 aliphatic heterocycles. The molecule has 2 aromatic rings. The summed E-state index contributed by atoms with van der Waals surface area (Å²) in [6.45, 7) is 1.72. The second-order valence-corrected chi connectivity index (χ2v) is 3.53. The molecule has 3 nitrogen and oxygen atoms in total. The van der Waals surface area contributed by atoms with Crippen LogP contribution in [0.3, 0.4) is 0 Å². The van der Waals surface area contributed by atoms with Crippen molar-refractivity contribution in [2.75, 3.05) is 0 Å². The normalized spacial score (nSPS) is 10.0. The molecule has 0 saturated carbocycles. The minimum absolute atomic E-state index is 0.220. The molecule has 1 aromatic heterocycles. The van der Waals surface area contributed by atoms with Gasteiger partial charge in [-0.25, -0.2) is 9.37 Å². The van der Waals surface area contributed by atoms with Crippen LogP contribution in [0.5, 0.6) is 11.6 Å². The Labute approximate surface area is 97.9 Å². The number of aromatic nitrogens is 1. The smallest absolute Gasteiger partial charge is 0.229 e. The Bertz CT molecular complexity index is 555. The highest BCUT2D eigenvalue weighted by atomic mass is 19.1. The van der Waals surface area contributed by atoms with Crippen molar-refractivity contribution in [2.45, 2.75) is 6.92 Å². The van der Waals surface area contributed by atoms with Gasteiger partial charge in [-0.2, -0.15) is 0 Å². The van der Waals surface area contributed by atoms with Crippen LogP contribution in [0.1, 0.15) is 15.9 Å². The van der Waals surface area contributed by atoms with Crippen molar-refractivity contribution >= 4 is 6.29 Å². The number of carbonyl (C=O) groups is 1. The van der Waals surface area contributed by atoms with E-state index < -0.39 is 0 Å². The van der Waals surface area contributed by atoms with Gasteiger partial charge in [-0.3, -0.25) is 4.79 Å². The maximum atomic E-state index is 12.9. The predicted molar refractivity (Wildman–Crippen MR) is 60.8 cm³/mol. The topological polar surface area (TPSA) is 39.2 Å². The van der Waals surface area contributed by atoms with Crippen molar-refractivity contribution in [3.8, 4) is 11.6 Å². The van der Waals surface area contributed by atoms with Gasteiger partial charge >= 0.3 is 0 Å². The summed E-state index contributed by atoms with van der Waals surface area (Å²) in [6, 6.07) is 7.42. The molecule has 0 amide bonds. The van der Waals surface area contributed by atoms with E-state index in [1.54, 1.807) is 19.1 Å². The highest BCUT2D eigenvalue weighted by molar-refractivity contribution is 5.78. The molecule has 0 saturated heterocycles. The van der Waals surface area contributed by atoms with Crippen LogP contribution in [0, 0.1) is 12.7 Å². The van der Waals surface area contributed by atoms with E-state index in [0.29, 0.717) is 23.2 Å². The summed E-state index contributed by atoms with van der Waals surface area (Å²) in [5.74, 6) is 0.372.